The predicted molar refractivity (Wildman–Crippen MR) is 573 cm³/mol. The molecule has 4 N–H and O–H groups in total. The Hall–Kier alpha value is -17.4. The van der Waals surface area contributed by atoms with Crippen molar-refractivity contribution in [2.45, 2.75) is 152 Å². The number of anilines is 12. The highest BCUT2D eigenvalue weighted by molar-refractivity contribution is 6.25. The summed E-state index contributed by atoms with van der Waals surface area (Å²) in [7, 11) is 7.38. The third-order valence-corrected chi connectivity index (χ3v) is 30.5. The topological polar surface area (TPSA) is 273 Å². The van der Waals surface area contributed by atoms with Crippen LogP contribution in [0.1, 0.15) is 141 Å². The van der Waals surface area contributed by atoms with Crippen molar-refractivity contribution in [3.63, 3.8) is 0 Å². The Bertz CT molecular complexity index is 7260. The largest absolute Gasteiger partial charge is 0.341 e. The van der Waals surface area contributed by atoms with E-state index in [9.17, 15) is 19.2 Å². The summed E-state index contributed by atoms with van der Waals surface area (Å²) in [6.07, 6.45) is 34.7. The van der Waals surface area contributed by atoms with Crippen LogP contribution in [0, 0.1) is 0 Å². The predicted octanol–water partition coefficient (Wildman–Crippen LogP) is 20.3. The molecular weight excluding hydrogens is 1820 g/mol. The van der Waals surface area contributed by atoms with Gasteiger partial charge in [-0.2, -0.15) is 5.10 Å². The molecule has 16 heterocycles. The number of aliphatic imine (C=N–C) groups is 4. The molecule has 8 aliphatic heterocycles. The summed E-state index contributed by atoms with van der Waals surface area (Å²) < 4.78 is 12.5. The van der Waals surface area contributed by atoms with Crippen molar-refractivity contribution >= 4 is 116 Å². The number of nitrogens with one attached hydrogen (secondary N) is 4. The fraction of sp³-hybridized carbons (Fsp3) is 0.241. The molecule has 0 unspecified atom stereocenters. The molecule has 0 bridgehead atoms. The van der Waals surface area contributed by atoms with Gasteiger partial charge < -0.3 is 63.7 Å². The van der Waals surface area contributed by atoms with Crippen LogP contribution in [0.3, 0.4) is 0 Å². The zero-order valence-corrected chi connectivity index (χ0v) is 81.6. The Morgan fingerprint density at radius 3 is 0.925 bits per heavy atom. The lowest BCUT2D eigenvalue weighted by molar-refractivity contribution is 0.0858. The van der Waals surface area contributed by atoms with Crippen molar-refractivity contribution < 1.29 is 19.2 Å². The molecular formula is C116H110N26O4. The van der Waals surface area contributed by atoms with Crippen molar-refractivity contribution in [2.24, 2.45) is 20.0 Å². The van der Waals surface area contributed by atoms with E-state index in [1.54, 1.807) is 30.6 Å². The number of fused-ring (bicyclic) bond motifs is 20. The molecule has 0 spiro atoms. The monoisotopic (exact) mass is 1930 g/mol. The van der Waals surface area contributed by atoms with Gasteiger partial charge in [0.1, 0.15) is 58.2 Å². The molecule has 4 saturated carbocycles. The van der Waals surface area contributed by atoms with E-state index in [1.807, 2.05) is 235 Å². The highest BCUT2D eigenvalue weighted by Crippen LogP contribution is 2.51. The van der Waals surface area contributed by atoms with Gasteiger partial charge in [0.05, 0.1) is 82.5 Å². The molecule has 8 atom stereocenters. The highest BCUT2D eigenvalue weighted by Gasteiger charge is 2.54. The van der Waals surface area contributed by atoms with Crippen LogP contribution in [-0.2, 0) is 26.2 Å². The molecule has 8 aromatic heterocycles. The van der Waals surface area contributed by atoms with Crippen LogP contribution in [0.2, 0.25) is 0 Å². The standard InChI is InChI=1S/2C30H28N6O.C29H28N6O.C27H26N8O/c1-34-29(37)27-26(36-25-12-7-11-24(25)33-30(34)36)19-35(28(27)32-22-8-3-2-4-9-22)18-20-13-15-21(16-14-20)23-10-5-6-17-31-23;1-34-29(37)27-26(36-25-9-5-8-24(25)33-30(34)36)19-35(28(27)32-23-6-3-2-4-7-23)18-20-10-12-21(13-11-20)22-14-16-31-17-15-22;1-32-28(36)26-25(35-24-11-7-10-23(24)31-29(32)35)19-34(27(26)30-21-8-3-2-4-9-21)18-20-12-14-22(15-13-20)33-16-5-6-17-33;1-32-26(36)24-23(35-22-9-5-8-21(22)31-27(32)35)15-33(25(24)30-19-6-3-2-4-7-19)14-18-10-12-20(13-11-18)34-17-28-16-29-34/h2-6,8-10,13-17,19,24-25,32H,7,11-12,18H2,1H3;2-4,6-7,10-17,19,24-25,32H,5,8-9,18H2,1H3;2-6,8-9,12-17,19,23-24,30H,7,10-11,18H2,1H3;2-4,6-7,10-13,15-17,21-22,30H,5,8-9,14H2,1H3/t2*24-,25+;23-,24+;21-,22+/m1111/s1. The third kappa shape index (κ3) is 16.4. The van der Waals surface area contributed by atoms with Crippen molar-refractivity contribution in [1.29, 1.82) is 0 Å². The Balaban J connectivity index is 0.000000102. The number of carbonyl (C=O) groups is 4. The van der Waals surface area contributed by atoms with Crippen molar-refractivity contribution in [1.82, 2.24) is 67.2 Å². The first-order chi connectivity index (χ1) is 71.7. The van der Waals surface area contributed by atoms with Gasteiger partial charge in [0.15, 0.2) is 0 Å². The SMILES string of the molecule is CN1C(=O)c2c(cn(Cc3ccc(-c4ccccn4)cc3)c2Nc2ccccc2)N2C1=N[C@@H]1CCC[C@@H]12.CN1C(=O)c2c(cn(Cc3ccc(-c4ccncc4)cc3)c2Nc2ccccc2)N2C1=N[C@@H]1CCC[C@@H]12.CN1C(=O)c2c(cn(Cc3ccc(-n4cccc4)cc3)c2Nc2ccccc2)N2C1=N[C@@H]1CCC[C@@H]12.CN1C(=O)c2c(cn(Cc3ccc(-n4cncn4)cc3)c2Nc2ccccc2)N2C1=N[C@@H]1CCC[C@@H]12. The summed E-state index contributed by atoms with van der Waals surface area (Å²) in [5.41, 5.74) is 21.5. The van der Waals surface area contributed by atoms with Gasteiger partial charge in [-0.3, -0.25) is 48.7 Å². The number of hydrogen-bond donors (Lipinski definition) is 4. The maximum absolute atomic E-state index is 13.7. The van der Waals surface area contributed by atoms with Crippen molar-refractivity contribution in [3.8, 4) is 33.8 Å². The minimum atomic E-state index is -0.0290. The van der Waals surface area contributed by atoms with Crippen molar-refractivity contribution in [2.75, 3.05) is 69.1 Å². The zero-order valence-electron chi connectivity index (χ0n) is 81.6. The summed E-state index contributed by atoms with van der Waals surface area (Å²) in [6.45, 7) is 2.55. The fourth-order valence-corrected chi connectivity index (χ4v) is 23.3. The van der Waals surface area contributed by atoms with E-state index < -0.39 is 0 Å². The minimum Gasteiger partial charge on any atom is -0.341 e. The molecule has 30 nitrogen and oxygen atoms in total. The number of para-hydroxylation sites is 4. The molecule has 12 aliphatic rings. The molecule has 8 aromatic carbocycles. The normalized spacial score (nSPS) is 20.1. The minimum absolute atomic E-state index is 0.0138. The van der Waals surface area contributed by atoms with Crippen LogP contribution in [0.25, 0.3) is 33.8 Å². The van der Waals surface area contributed by atoms with Gasteiger partial charge in [0.2, 0.25) is 23.8 Å². The zero-order chi connectivity index (χ0) is 98.3. The van der Waals surface area contributed by atoms with Gasteiger partial charge in [-0.1, -0.05) is 152 Å². The Kier molecular flexibility index (Phi) is 23.3. The van der Waals surface area contributed by atoms with E-state index >= 15 is 0 Å². The molecule has 146 heavy (non-hydrogen) atoms. The van der Waals surface area contributed by atoms with Crippen LogP contribution >= 0.6 is 0 Å². The fourth-order valence-electron chi connectivity index (χ4n) is 23.3. The third-order valence-electron chi connectivity index (χ3n) is 30.5. The van der Waals surface area contributed by atoms with Gasteiger partial charge in [0.25, 0.3) is 23.6 Å². The molecule has 4 fully saturated rings. The number of hydrogen-bond acceptors (Lipinski definition) is 20. The number of nitrogens with zero attached hydrogens (tertiary/aromatic N) is 22. The van der Waals surface area contributed by atoms with Crippen LogP contribution in [0.4, 0.5) is 68.8 Å². The molecule has 0 saturated heterocycles. The smallest absolute Gasteiger partial charge is 0.266 e. The van der Waals surface area contributed by atoms with Gasteiger partial charge in [-0.15, -0.1) is 0 Å². The van der Waals surface area contributed by atoms with Crippen molar-refractivity contribution in [3.05, 3.63) is 374 Å². The number of amides is 4. The number of aromatic nitrogens is 10. The first kappa shape index (κ1) is 89.9. The lowest BCUT2D eigenvalue weighted by Crippen LogP contribution is -2.51. The molecule has 16 aromatic rings. The second-order valence-electron chi connectivity index (χ2n) is 39.5. The van der Waals surface area contributed by atoms with E-state index in [0.717, 1.165) is 200 Å². The molecule has 4 aliphatic carbocycles. The Morgan fingerprint density at radius 2 is 0.610 bits per heavy atom. The lowest BCUT2D eigenvalue weighted by Gasteiger charge is -2.35. The van der Waals surface area contributed by atoms with Gasteiger partial charge in [-0.25, -0.2) is 29.6 Å². The number of carbonyl (C=O) groups excluding carboxylic acids is 4. The van der Waals surface area contributed by atoms with Gasteiger partial charge in [-0.05, 0) is 220 Å². The van der Waals surface area contributed by atoms with E-state index in [4.69, 9.17) is 20.0 Å². The molecule has 30 heteroatoms. The first-order valence-electron chi connectivity index (χ1n) is 50.7. The van der Waals surface area contributed by atoms with Gasteiger partial charge >= 0.3 is 0 Å². The maximum atomic E-state index is 13.7. The second-order valence-corrected chi connectivity index (χ2v) is 39.5. The molecule has 728 valence electrons. The number of pyridine rings is 2. The second kappa shape index (κ2) is 37.8. The molecule has 0 radical (unpaired) electrons. The molecule has 4 amide bonds. The summed E-state index contributed by atoms with van der Waals surface area (Å²) in [4.78, 5) is 103. The van der Waals surface area contributed by atoms with Crippen LogP contribution in [0.15, 0.2) is 349 Å². The first-order valence-corrected chi connectivity index (χ1v) is 50.7. The summed E-state index contributed by atoms with van der Waals surface area (Å²) in [6, 6.07) is 90.5. The summed E-state index contributed by atoms with van der Waals surface area (Å²) in [5.74, 6) is 6.32. The number of benzene rings is 8. The quantitative estimate of drug-likeness (QED) is 0.0552. The summed E-state index contributed by atoms with van der Waals surface area (Å²) >= 11 is 0. The average molecular weight is 1930 g/mol. The van der Waals surface area contributed by atoms with Crippen LogP contribution in [0.5, 0.6) is 0 Å². The van der Waals surface area contributed by atoms with E-state index in [-0.39, 0.29) is 47.8 Å². The van der Waals surface area contributed by atoms with Gasteiger partial charge in [0, 0.05) is 144 Å². The van der Waals surface area contributed by atoms with Crippen LogP contribution < -0.4 is 40.9 Å². The van der Waals surface area contributed by atoms with E-state index in [1.165, 1.54) is 37.6 Å². The Labute approximate surface area is 845 Å². The maximum Gasteiger partial charge on any atom is 0.266 e. The highest BCUT2D eigenvalue weighted by atomic mass is 16.2. The molecule has 28 rings (SSSR count). The summed E-state index contributed by atoms with van der Waals surface area (Å²) in [5, 5.41) is 18.5. The average Bonchev–Trinajstić information content (AvgIpc) is 1.57. The van der Waals surface area contributed by atoms with E-state index in [0.29, 0.717) is 67.0 Å². The van der Waals surface area contributed by atoms with Crippen LogP contribution in [-0.4, -0.2) is 191 Å². The number of rotatable bonds is 20. The number of guanidine groups is 4. The van der Waals surface area contributed by atoms with E-state index in [2.05, 4.69) is 193 Å². The Morgan fingerprint density at radius 1 is 0.301 bits per heavy atom. The lowest BCUT2D eigenvalue weighted by atomic mass is 10.1.